The highest BCUT2D eigenvalue weighted by Crippen LogP contribution is 2.65. The summed E-state index contributed by atoms with van der Waals surface area (Å²) in [4.78, 5) is 34.7. The molecule has 0 unspecified atom stereocenters. The molecule has 0 aliphatic heterocycles. The van der Waals surface area contributed by atoms with E-state index in [4.69, 9.17) is 4.74 Å². The molecule has 0 aromatic heterocycles. The van der Waals surface area contributed by atoms with Gasteiger partial charge in [-0.15, -0.1) is 0 Å². The second-order valence-corrected chi connectivity index (χ2v) is 9.94. The molecular formula is C23H31O5-. The molecule has 0 saturated heterocycles. The summed E-state index contributed by atoms with van der Waals surface area (Å²) < 4.78 is 5.77. The van der Waals surface area contributed by atoms with Crippen molar-refractivity contribution >= 4 is 17.7 Å². The molecule has 0 aromatic carbocycles. The van der Waals surface area contributed by atoms with Crippen LogP contribution in [0, 0.1) is 28.6 Å². The first-order valence-corrected chi connectivity index (χ1v) is 10.9. The molecule has 5 heteroatoms. The smallest absolute Gasteiger partial charge is 0.306 e. The van der Waals surface area contributed by atoms with Crippen molar-refractivity contribution in [3.05, 3.63) is 11.6 Å². The van der Waals surface area contributed by atoms with Gasteiger partial charge in [0.25, 0.3) is 0 Å². The van der Waals surface area contributed by atoms with E-state index in [1.807, 2.05) is 6.08 Å². The number of esters is 1. The quantitative estimate of drug-likeness (QED) is 0.693. The lowest BCUT2D eigenvalue weighted by Crippen LogP contribution is -2.51. The second kappa shape index (κ2) is 7.00. The average Bonchev–Trinajstić information content (AvgIpc) is 2.97. The fraction of sp³-hybridized carbons (Fsp3) is 0.783. The van der Waals surface area contributed by atoms with Crippen molar-refractivity contribution in [2.75, 3.05) is 0 Å². The van der Waals surface area contributed by atoms with Gasteiger partial charge in [0.1, 0.15) is 6.10 Å². The van der Waals surface area contributed by atoms with Crippen LogP contribution in [0.2, 0.25) is 0 Å². The third kappa shape index (κ3) is 3.11. The predicted molar refractivity (Wildman–Crippen MR) is 101 cm³/mol. The second-order valence-electron chi connectivity index (χ2n) is 9.94. The van der Waals surface area contributed by atoms with E-state index in [0.717, 1.165) is 44.9 Å². The summed E-state index contributed by atoms with van der Waals surface area (Å²) >= 11 is 0. The lowest BCUT2D eigenvalue weighted by Gasteiger charge is -2.57. The SMILES string of the molecule is C[C@]12CC[C@@H]3[C@@H](CCC4=CC(=O)CC[C@@]43C)[C@@H]1CC[C@@H]2OC(=O)CCC(=O)[O-]. The number of fused-ring (bicyclic) bond motifs is 5. The maximum absolute atomic E-state index is 12.1. The number of ether oxygens (including phenoxy) is 1. The van der Waals surface area contributed by atoms with Gasteiger partial charge in [0.05, 0.1) is 6.42 Å². The fourth-order valence-corrected chi connectivity index (χ4v) is 7.13. The molecule has 0 heterocycles. The van der Waals surface area contributed by atoms with E-state index in [1.165, 1.54) is 5.57 Å². The standard InChI is InChI=1S/C23H32O5/c1-22-11-9-15(24)13-14(22)3-4-16-17-5-6-19(23(17,2)12-10-18(16)22)28-21(27)8-7-20(25)26/h13,16-19H,3-12H2,1-2H3,(H,25,26)/p-1/t16-,17-,18+,19-,22-,23-/m0/s1. The Hall–Kier alpha value is -1.65. The minimum atomic E-state index is -1.21. The lowest BCUT2D eigenvalue weighted by molar-refractivity contribution is -0.305. The average molecular weight is 387 g/mol. The molecule has 3 saturated carbocycles. The third-order valence-corrected chi connectivity index (χ3v) is 8.68. The van der Waals surface area contributed by atoms with Gasteiger partial charge in [-0.25, -0.2) is 0 Å². The molecule has 0 bridgehead atoms. The van der Waals surface area contributed by atoms with E-state index in [2.05, 4.69) is 13.8 Å². The minimum Gasteiger partial charge on any atom is -0.550 e. The number of carboxylic acids is 1. The van der Waals surface area contributed by atoms with Crippen LogP contribution >= 0.6 is 0 Å². The summed E-state index contributed by atoms with van der Waals surface area (Å²) in [7, 11) is 0. The lowest BCUT2D eigenvalue weighted by atomic mass is 9.47. The highest BCUT2D eigenvalue weighted by molar-refractivity contribution is 5.91. The Balaban J connectivity index is 1.49. The van der Waals surface area contributed by atoms with Crippen LogP contribution in [-0.2, 0) is 19.1 Å². The van der Waals surface area contributed by atoms with E-state index < -0.39 is 11.9 Å². The van der Waals surface area contributed by atoms with Crippen molar-refractivity contribution < 1.29 is 24.2 Å². The van der Waals surface area contributed by atoms with E-state index in [0.29, 0.717) is 24.2 Å². The molecule has 4 aliphatic carbocycles. The number of carbonyl (C=O) groups excluding carboxylic acids is 3. The zero-order chi connectivity index (χ0) is 20.1. The van der Waals surface area contributed by atoms with Crippen LogP contribution in [-0.4, -0.2) is 23.8 Å². The van der Waals surface area contributed by atoms with Crippen molar-refractivity contribution in [3.63, 3.8) is 0 Å². The van der Waals surface area contributed by atoms with Crippen molar-refractivity contribution in [2.45, 2.75) is 84.2 Å². The predicted octanol–water partition coefficient (Wildman–Crippen LogP) is 2.96. The number of allylic oxidation sites excluding steroid dienone is 1. The summed E-state index contributed by atoms with van der Waals surface area (Å²) in [6.45, 7) is 4.65. The summed E-state index contributed by atoms with van der Waals surface area (Å²) in [5.74, 6) is 0.451. The van der Waals surface area contributed by atoms with E-state index in [9.17, 15) is 19.5 Å². The summed E-state index contributed by atoms with van der Waals surface area (Å²) in [6, 6.07) is 0. The van der Waals surface area contributed by atoms with Crippen molar-refractivity contribution in [3.8, 4) is 0 Å². The number of ketones is 1. The molecular weight excluding hydrogens is 356 g/mol. The maximum atomic E-state index is 12.1. The summed E-state index contributed by atoms with van der Waals surface area (Å²) in [6.07, 6.45) is 9.35. The Morgan fingerprint density at radius 3 is 2.61 bits per heavy atom. The molecule has 4 aliphatic rings. The molecule has 28 heavy (non-hydrogen) atoms. The largest absolute Gasteiger partial charge is 0.550 e. The summed E-state index contributed by atoms with van der Waals surface area (Å²) in [5, 5.41) is 10.6. The van der Waals surface area contributed by atoms with Crippen LogP contribution in [0.5, 0.6) is 0 Å². The zero-order valence-corrected chi connectivity index (χ0v) is 17.0. The molecule has 6 atom stereocenters. The maximum Gasteiger partial charge on any atom is 0.306 e. The van der Waals surface area contributed by atoms with E-state index in [1.54, 1.807) is 0 Å². The molecule has 0 amide bonds. The minimum absolute atomic E-state index is 0.0135. The first-order valence-electron chi connectivity index (χ1n) is 10.9. The van der Waals surface area contributed by atoms with Crippen LogP contribution in [0.1, 0.15) is 78.1 Å². The van der Waals surface area contributed by atoms with Crippen molar-refractivity contribution in [1.82, 2.24) is 0 Å². The Labute approximate surface area is 166 Å². The number of rotatable bonds is 4. The Kier molecular flexibility index (Phi) is 4.91. The van der Waals surface area contributed by atoms with Gasteiger partial charge in [0.2, 0.25) is 0 Å². The molecule has 0 aromatic rings. The Morgan fingerprint density at radius 1 is 1.07 bits per heavy atom. The van der Waals surface area contributed by atoms with Crippen LogP contribution in [0.4, 0.5) is 0 Å². The van der Waals surface area contributed by atoms with Crippen molar-refractivity contribution in [1.29, 1.82) is 0 Å². The number of carbonyl (C=O) groups is 3. The van der Waals surface area contributed by atoms with Crippen LogP contribution in [0.25, 0.3) is 0 Å². The van der Waals surface area contributed by atoms with Gasteiger partial charge in [-0.05, 0) is 80.6 Å². The number of carboxylic acid groups (broad SMARTS) is 1. The van der Waals surface area contributed by atoms with Gasteiger partial charge < -0.3 is 14.6 Å². The normalized spacial score (nSPS) is 42.1. The van der Waals surface area contributed by atoms with Gasteiger partial charge >= 0.3 is 5.97 Å². The highest BCUT2D eigenvalue weighted by Gasteiger charge is 2.59. The molecule has 0 N–H and O–H groups in total. The summed E-state index contributed by atoms with van der Waals surface area (Å²) in [5.41, 5.74) is 1.51. The number of hydrogen-bond acceptors (Lipinski definition) is 5. The van der Waals surface area contributed by atoms with Crippen molar-refractivity contribution in [2.24, 2.45) is 28.6 Å². The molecule has 4 rings (SSSR count). The van der Waals surface area contributed by atoms with Gasteiger partial charge in [-0.1, -0.05) is 19.4 Å². The van der Waals surface area contributed by atoms with Crippen LogP contribution < -0.4 is 5.11 Å². The molecule has 5 nitrogen and oxygen atoms in total. The van der Waals surface area contributed by atoms with Gasteiger partial charge in [0.15, 0.2) is 5.78 Å². The molecule has 0 radical (unpaired) electrons. The first kappa shape index (κ1) is 19.7. The number of hydrogen-bond donors (Lipinski definition) is 0. The number of aliphatic carboxylic acids is 1. The molecule has 154 valence electrons. The molecule has 0 spiro atoms. The Morgan fingerprint density at radius 2 is 1.86 bits per heavy atom. The van der Waals surface area contributed by atoms with Gasteiger partial charge in [-0.2, -0.15) is 0 Å². The van der Waals surface area contributed by atoms with E-state index >= 15 is 0 Å². The monoisotopic (exact) mass is 387 g/mol. The third-order valence-electron chi connectivity index (χ3n) is 8.68. The Bertz CT molecular complexity index is 725. The van der Waals surface area contributed by atoms with Crippen LogP contribution in [0.3, 0.4) is 0 Å². The topological polar surface area (TPSA) is 83.5 Å². The van der Waals surface area contributed by atoms with Gasteiger partial charge in [0, 0.05) is 17.8 Å². The molecule has 3 fully saturated rings. The van der Waals surface area contributed by atoms with E-state index in [-0.39, 0.29) is 35.6 Å². The first-order chi connectivity index (χ1) is 13.2. The fourth-order valence-electron chi connectivity index (χ4n) is 7.13. The van der Waals surface area contributed by atoms with Gasteiger partial charge in [-0.3, -0.25) is 9.59 Å². The zero-order valence-electron chi connectivity index (χ0n) is 17.0. The highest BCUT2D eigenvalue weighted by atomic mass is 16.5. The van der Waals surface area contributed by atoms with Crippen LogP contribution in [0.15, 0.2) is 11.6 Å².